The predicted molar refractivity (Wildman–Crippen MR) is 71.7 cm³/mol. The molecule has 0 aromatic heterocycles. The maximum Gasteiger partial charge on any atom is 0.407 e. The van der Waals surface area contributed by atoms with Crippen LogP contribution in [0.5, 0.6) is 0 Å². The van der Waals surface area contributed by atoms with Crippen LogP contribution in [0.2, 0.25) is 0 Å². The summed E-state index contributed by atoms with van der Waals surface area (Å²) in [6.07, 6.45) is 3.42. The average Bonchev–Trinajstić information content (AvgIpc) is 3.03. The monoisotopic (exact) mass is 280 g/mol. The van der Waals surface area contributed by atoms with Crippen molar-refractivity contribution < 1.29 is 19.4 Å². The number of nitrogens with two attached hydrogens (primary N) is 1. The van der Waals surface area contributed by atoms with Gasteiger partial charge in [-0.2, -0.15) is 0 Å². The minimum atomic E-state index is -1.15. The van der Waals surface area contributed by atoms with Crippen molar-refractivity contribution in [1.29, 1.82) is 0 Å². The van der Waals surface area contributed by atoms with Gasteiger partial charge in [0, 0.05) is 19.4 Å². The largest absolute Gasteiger partial charge is 0.480 e. The lowest BCUT2D eigenvalue weighted by Crippen LogP contribution is -2.42. The van der Waals surface area contributed by atoms with Crippen molar-refractivity contribution in [2.45, 2.75) is 31.7 Å². The van der Waals surface area contributed by atoms with Crippen molar-refractivity contribution in [3.8, 4) is 11.8 Å². The molecule has 6 heteroatoms. The van der Waals surface area contributed by atoms with Gasteiger partial charge in [0.1, 0.15) is 6.04 Å². The third-order valence-corrected chi connectivity index (χ3v) is 4.03. The summed E-state index contributed by atoms with van der Waals surface area (Å²) in [4.78, 5) is 21.9. The second-order valence-electron chi connectivity index (χ2n) is 5.35. The second-order valence-corrected chi connectivity index (χ2v) is 5.35. The van der Waals surface area contributed by atoms with Crippen molar-refractivity contribution in [1.82, 2.24) is 5.32 Å². The lowest BCUT2D eigenvalue weighted by molar-refractivity contribution is -0.138. The molecule has 1 unspecified atom stereocenters. The molecule has 2 rings (SSSR count). The van der Waals surface area contributed by atoms with Crippen molar-refractivity contribution in [3.05, 3.63) is 0 Å². The summed E-state index contributed by atoms with van der Waals surface area (Å²) in [6.45, 7) is 0.267. The molecule has 2 aliphatic carbocycles. The van der Waals surface area contributed by atoms with Crippen LogP contribution in [-0.4, -0.2) is 36.4 Å². The zero-order valence-electron chi connectivity index (χ0n) is 11.3. The number of ether oxygens (including phenoxy) is 1. The molecule has 1 saturated carbocycles. The van der Waals surface area contributed by atoms with Crippen LogP contribution < -0.4 is 11.1 Å². The van der Waals surface area contributed by atoms with Gasteiger partial charge in [0.25, 0.3) is 0 Å². The Kier molecular flexibility index (Phi) is 4.85. The van der Waals surface area contributed by atoms with E-state index in [1.54, 1.807) is 0 Å². The maximum atomic E-state index is 11.4. The van der Waals surface area contributed by atoms with E-state index in [2.05, 4.69) is 17.2 Å². The minimum Gasteiger partial charge on any atom is -0.480 e. The lowest BCUT2D eigenvalue weighted by atomic mass is 10.1. The third kappa shape index (κ3) is 3.87. The van der Waals surface area contributed by atoms with E-state index in [4.69, 9.17) is 15.6 Å². The molecular formula is C14H20N2O4. The van der Waals surface area contributed by atoms with Gasteiger partial charge in [0.15, 0.2) is 0 Å². The standard InChI is InChI=1S/C14H20N2O4/c15-12(13(17)18)7-16-14(19)20-8-11-9-5-3-1-2-4-6-10(9)11/h9-12H,3-8,15H2,(H,16,19)(H,17,18)/t9-,10+,11+,12?. The fraction of sp³-hybridized carbons (Fsp3) is 0.714. The molecule has 0 bridgehead atoms. The number of alkyl carbamates (subject to hydrolysis) is 1. The van der Waals surface area contributed by atoms with E-state index in [0.717, 1.165) is 25.7 Å². The van der Waals surface area contributed by atoms with E-state index in [0.29, 0.717) is 24.4 Å². The lowest BCUT2D eigenvalue weighted by Gasteiger charge is -2.09. The Labute approximate surface area is 118 Å². The molecule has 0 aliphatic heterocycles. The van der Waals surface area contributed by atoms with Crippen LogP contribution in [0.1, 0.15) is 25.7 Å². The summed E-state index contributed by atoms with van der Waals surface area (Å²) in [7, 11) is 0. The summed E-state index contributed by atoms with van der Waals surface area (Å²) in [5.74, 6) is 6.79. The van der Waals surface area contributed by atoms with Crippen LogP contribution in [0, 0.1) is 29.6 Å². The number of carbonyl (C=O) groups is 2. The molecule has 110 valence electrons. The fourth-order valence-electron chi connectivity index (χ4n) is 2.79. The van der Waals surface area contributed by atoms with Gasteiger partial charge in [-0.05, 0) is 30.6 Å². The first-order valence-electron chi connectivity index (χ1n) is 6.94. The molecule has 1 amide bonds. The molecule has 0 aromatic carbocycles. The van der Waals surface area contributed by atoms with E-state index >= 15 is 0 Å². The summed E-state index contributed by atoms with van der Waals surface area (Å²) < 4.78 is 5.13. The Morgan fingerprint density at radius 1 is 1.30 bits per heavy atom. The first-order valence-corrected chi connectivity index (χ1v) is 6.94. The number of carboxylic acid groups (broad SMARTS) is 1. The molecular weight excluding hydrogens is 260 g/mol. The molecule has 4 atom stereocenters. The van der Waals surface area contributed by atoms with E-state index in [9.17, 15) is 9.59 Å². The van der Waals surface area contributed by atoms with Crippen LogP contribution in [-0.2, 0) is 9.53 Å². The van der Waals surface area contributed by atoms with Crippen LogP contribution >= 0.6 is 0 Å². The number of hydrogen-bond donors (Lipinski definition) is 3. The fourth-order valence-corrected chi connectivity index (χ4v) is 2.79. The van der Waals surface area contributed by atoms with Crippen molar-refractivity contribution in [2.75, 3.05) is 13.2 Å². The van der Waals surface area contributed by atoms with E-state index in [-0.39, 0.29) is 6.54 Å². The number of carbonyl (C=O) groups excluding carboxylic acids is 1. The summed E-state index contributed by atoms with van der Waals surface area (Å²) >= 11 is 0. The first-order chi connectivity index (χ1) is 9.59. The van der Waals surface area contributed by atoms with Crippen LogP contribution in [0.15, 0.2) is 0 Å². The van der Waals surface area contributed by atoms with Gasteiger partial charge in [-0.3, -0.25) is 4.79 Å². The van der Waals surface area contributed by atoms with E-state index < -0.39 is 18.1 Å². The number of amides is 1. The highest BCUT2D eigenvalue weighted by atomic mass is 16.5. The average molecular weight is 280 g/mol. The molecule has 0 heterocycles. The molecule has 6 nitrogen and oxygen atoms in total. The SMILES string of the molecule is NC(CNC(=O)OC[C@H]1[C@@H]2CCC#CCC[C@@H]21)C(=O)O. The van der Waals surface area contributed by atoms with Crippen molar-refractivity contribution in [3.63, 3.8) is 0 Å². The van der Waals surface area contributed by atoms with Crippen molar-refractivity contribution in [2.24, 2.45) is 23.5 Å². The molecule has 0 spiro atoms. The Morgan fingerprint density at radius 2 is 1.90 bits per heavy atom. The van der Waals surface area contributed by atoms with Gasteiger partial charge in [0.05, 0.1) is 6.61 Å². The normalized spacial score (nSPS) is 28.8. The van der Waals surface area contributed by atoms with Crippen molar-refractivity contribution >= 4 is 12.1 Å². The number of aliphatic carboxylic acids is 1. The topological polar surface area (TPSA) is 102 Å². The zero-order chi connectivity index (χ0) is 14.5. The van der Waals surface area contributed by atoms with Gasteiger partial charge >= 0.3 is 12.1 Å². The summed E-state index contributed by atoms with van der Waals surface area (Å²) in [6, 6.07) is -1.10. The number of hydrogen-bond acceptors (Lipinski definition) is 4. The quantitative estimate of drug-likeness (QED) is 0.639. The highest BCUT2D eigenvalue weighted by Crippen LogP contribution is 2.52. The van der Waals surface area contributed by atoms with Crippen LogP contribution in [0.25, 0.3) is 0 Å². The summed E-state index contributed by atoms with van der Waals surface area (Å²) in [5.41, 5.74) is 5.28. The second kappa shape index (κ2) is 6.62. The molecule has 0 saturated heterocycles. The Balaban J connectivity index is 1.64. The van der Waals surface area contributed by atoms with Gasteiger partial charge in [-0.1, -0.05) is 0 Å². The van der Waals surface area contributed by atoms with Crippen LogP contribution in [0.3, 0.4) is 0 Å². The molecule has 0 radical (unpaired) electrons. The zero-order valence-corrected chi connectivity index (χ0v) is 11.3. The third-order valence-electron chi connectivity index (χ3n) is 4.03. The van der Waals surface area contributed by atoms with Gasteiger partial charge in [-0.15, -0.1) is 11.8 Å². The number of rotatable bonds is 5. The highest BCUT2D eigenvalue weighted by molar-refractivity contribution is 5.75. The van der Waals surface area contributed by atoms with E-state index in [1.807, 2.05) is 0 Å². The Bertz CT molecular complexity index is 422. The predicted octanol–water partition coefficient (Wildman–Crippen LogP) is 0.564. The smallest absolute Gasteiger partial charge is 0.407 e. The van der Waals surface area contributed by atoms with Gasteiger partial charge in [-0.25, -0.2) is 4.79 Å². The maximum absolute atomic E-state index is 11.4. The Hall–Kier alpha value is -1.74. The number of carboxylic acids is 1. The number of fused-ring (bicyclic) bond motifs is 1. The molecule has 20 heavy (non-hydrogen) atoms. The van der Waals surface area contributed by atoms with Crippen LogP contribution in [0.4, 0.5) is 4.79 Å². The first kappa shape index (κ1) is 14.7. The molecule has 0 aromatic rings. The van der Waals surface area contributed by atoms with Gasteiger partial charge < -0.3 is 20.9 Å². The molecule has 2 aliphatic rings. The Morgan fingerprint density at radius 3 is 2.45 bits per heavy atom. The minimum absolute atomic E-state index is 0.125. The highest BCUT2D eigenvalue weighted by Gasteiger charge is 2.49. The number of nitrogens with one attached hydrogen (secondary N) is 1. The molecule has 1 fully saturated rings. The van der Waals surface area contributed by atoms with Gasteiger partial charge in [0.2, 0.25) is 0 Å². The van der Waals surface area contributed by atoms with E-state index in [1.165, 1.54) is 0 Å². The molecule has 4 N–H and O–H groups in total. The summed E-state index contributed by atoms with van der Waals surface area (Å²) in [5, 5.41) is 10.9.